The predicted octanol–water partition coefficient (Wildman–Crippen LogP) is 4.70. The number of methoxy groups -OCH3 is 2. The molecule has 1 unspecified atom stereocenters. The van der Waals surface area contributed by atoms with Crippen LogP contribution in [0.25, 0.3) is 6.08 Å². The number of rotatable bonds is 10. The van der Waals surface area contributed by atoms with E-state index in [0.29, 0.717) is 57.4 Å². The number of hydrogen-bond donors (Lipinski definition) is 0. The molecule has 222 valence electrons. The lowest BCUT2D eigenvalue weighted by Crippen LogP contribution is -2.43. The molecular weight excluding hydrogens is 562 g/mol. The Morgan fingerprint density at radius 3 is 2.33 bits per heavy atom. The van der Waals surface area contributed by atoms with Crippen molar-refractivity contribution in [2.45, 2.75) is 33.4 Å². The molecule has 1 aliphatic heterocycles. The maximum Gasteiger partial charge on any atom is 0.271 e. The topological polar surface area (TPSA) is 82.4 Å². The largest absolute Gasteiger partial charge is 0.497 e. The standard InChI is InChI=1S/C34H35N3O5S/c1-6-36(7-2)33(39)30-22(3)35-34-37(31(30)27-20-26(40-4)17-18-28(27)41-5)32(38)29(43-34)19-23-13-15-25(16-14-23)42-21-24-11-9-8-10-12-24/h8-20,31H,6-7,21H2,1-5H3/b29-19-. The quantitative estimate of drug-likeness (QED) is 0.265. The Morgan fingerprint density at radius 2 is 1.67 bits per heavy atom. The summed E-state index contributed by atoms with van der Waals surface area (Å²) in [5.41, 5.74) is 3.36. The van der Waals surface area contributed by atoms with E-state index in [1.165, 1.54) is 11.3 Å². The molecule has 0 saturated heterocycles. The molecule has 8 nitrogen and oxygen atoms in total. The number of carbonyl (C=O) groups is 1. The first-order valence-corrected chi connectivity index (χ1v) is 15.0. The van der Waals surface area contributed by atoms with Crippen LogP contribution in [0.4, 0.5) is 0 Å². The molecule has 0 fully saturated rings. The number of aromatic nitrogens is 1. The highest BCUT2D eigenvalue weighted by Crippen LogP contribution is 2.38. The highest BCUT2D eigenvalue weighted by molar-refractivity contribution is 7.07. The number of fused-ring (bicyclic) bond motifs is 1. The second-order valence-corrected chi connectivity index (χ2v) is 11.0. The first kappa shape index (κ1) is 29.8. The molecule has 3 aromatic carbocycles. The van der Waals surface area contributed by atoms with E-state index in [1.807, 2.05) is 87.5 Å². The zero-order chi connectivity index (χ0) is 30.5. The van der Waals surface area contributed by atoms with E-state index in [-0.39, 0.29) is 11.5 Å². The number of hydrogen-bond acceptors (Lipinski definition) is 7. The van der Waals surface area contributed by atoms with Crippen molar-refractivity contribution in [1.29, 1.82) is 0 Å². The van der Waals surface area contributed by atoms with Crippen LogP contribution < -0.4 is 29.1 Å². The monoisotopic (exact) mass is 597 g/mol. The molecule has 0 N–H and O–H groups in total. The van der Waals surface area contributed by atoms with Gasteiger partial charge in [0.1, 0.15) is 29.9 Å². The van der Waals surface area contributed by atoms with Crippen molar-refractivity contribution in [3.63, 3.8) is 0 Å². The number of benzene rings is 3. The fourth-order valence-electron chi connectivity index (χ4n) is 5.18. The van der Waals surface area contributed by atoms with Gasteiger partial charge in [-0.2, -0.15) is 0 Å². The van der Waals surface area contributed by atoms with E-state index in [9.17, 15) is 9.59 Å². The van der Waals surface area contributed by atoms with Crippen molar-refractivity contribution >= 4 is 23.3 Å². The summed E-state index contributed by atoms with van der Waals surface area (Å²) < 4.78 is 19.3. The third-order valence-corrected chi connectivity index (χ3v) is 8.44. The van der Waals surface area contributed by atoms with Gasteiger partial charge in [-0.1, -0.05) is 53.8 Å². The van der Waals surface area contributed by atoms with Crippen molar-refractivity contribution in [2.24, 2.45) is 4.99 Å². The summed E-state index contributed by atoms with van der Waals surface area (Å²) in [6, 6.07) is 22.3. The molecule has 1 aromatic heterocycles. The summed E-state index contributed by atoms with van der Waals surface area (Å²) in [6.07, 6.45) is 1.84. The third kappa shape index (κ3) is 6.12. The molecule has 9 heteroatoms. The summed E-state index contributed by atoms with van der Waals surface area (Å²) >= 11 is 1.29. The number of allylic oxidation sites excluding steroid dienone is 1. The molecule has 1 atom stereocenters. The van der Waals surface area contributed by atoms with Crippen LogP contribution in [0.15, 0.2) is 93.9 Å². The number of thiazole rings is 1. The average Bonchev–Trinajstić information content (AvgIpc) is 3.34. The minimum Gasteiger partial charge on any atom is -0.497 e. The van der Waals surface area contributed by atoms with Gasteiger partial charge < -0.3 is 19.1 Å². The van der Waals surface area contributed by atoms with Crippen LogP contribution >= 0.6 is 11.3 Å². The van der Waals surface area contributed by atoms with Gasteiger partial charge in [-0.3, -0.25) is 14.2 Å². The zero-order valence-electron chi connectivity index (χ0n) is 25.0. The number of likely N-dealkylation sites (N-methyl/N-ethyl adjacent to an activating group) is 1. The number of ether oxygens (including phenoxy) is 3. The Balaban J connectivity index is 1.58. The Morgan fingerprint density at radius 1 is 0.977 bits per heavy atom. The zero-order valence-corrected chi connectivity index (χ0v) is 25.8. The molecule has 0 radical (unpaired) electrons. The smallest absolute Gasteiger partial charge is 0.271 e. The van der Waals surface area contributed by atoms with Crippen molar-refractivity contribution in [1.82, 2.24) is 9.47 Å². The van der Waals surface area contributed by atoms with Crippen LogP contribution in [0.5, 0.6) is 17.2 Å². The van der Waals surface area contributed by atoms with Gasteiger partial charge in [-0.15, -0.1) is 0 Å². The van der Waals surface area contributed by atoms with Crippen LogP contribution in [-0.4, -0.2) is 42.7 Å². The highest BCUT2D eigenvalue weighted by atomic mass is 32.1. The van der Waals surface area contributed by atoms with Gasteiger partial charge in [-0.25, -0.2) is 4.99 Å². The normalized spacial score (nSPS) is 14.6. The summed E-state index contributed by atoms with van der Waals surface area (Å²) in [5.74, 6) is 1.71. The van der Waals surface area contributed by atoms with E-state index in [4.69, 9.17) is 19.2 Å². The van der Waals surface area contributed by atoms with E-state index in [1.54, 1.807) is 35.8 Å². The molecule has 1 aliphatic rings. The maximum atomic E-state index is 14.1. The minimum atomic E-state index is -0.745. The second kappa shape index (κ2) is 13.1. The van der Waals surface area contributed by atoms with Crippen LogP contribution in [0.3, 0.4) is 0 Å². The molecule has 1 amide bonds. The summed E-state index contributed by atoms with van der Waals surface area (Å²) in [6.45, 7) is 7.23. The van der Waals surface area contributed by atoms with Gasteiger partial charge in [0.25, 0.3) is 11.5 Å². The Bertz CT molecular complexity index is 1820. The summed E-state index contributed by atoms with van der Waals surface area (Å²) in [7, 11) is 3.16. The lowest BCUT2D eigenvalue weighted by molar-refractivity contribution is -0.127. The molecule has 43 heavy (non-hydrogen) atoms. The Kier molecular flexibility index (Phi) is 9.11. The lowest BCUT2D eigenvalue weighted by atomic mass is 9.93. The fraction of sp³-hybridized carbons (Fsp3) is 0.265. The Labute approximate surface area is 254 Å². The van der Waals surface area contributed by atoms with Crippen molar-refractivity contribution in [2.75, 3.05) is 27.3 Å². The second-order valence-electron chi connectivity index (χ2n) is 10.0. The van der Waals surface area contributed by atoms with E-state index in [0.717, 1.165) is 16.9 Å². The van der Waals surface area contributed by atoms with Crippen molar-refractivity contribution < 1.29 is 19.0 Å². The number of nitrogens with zero attached hydrogens (tertiary/aromatic N) is 3. The van der Waals surface area contributed by atoms with Gasteiger partial charge >= 0.3 is 0 Å². The van der Waals surface area contributed by atoms with Crippen LogP contribution in [0, 0.1) is 0 Å². The number of amides is 1. The molecular formula is C34H35N3O5S. The van der Waals surface area contributed by atoms with Gasteiger partial charge in [0.2, 0.25) is 0 Å². The summed E-state index contributed by atoms with van der Waals surface area (Å²) in [4.78, 5) is 35.0. The lowest BCUT2D eigenvalue weighted by Gasteiger charge is -2.30. The van der Waals surface area contributed by atoms with Crippen molar-refractivity contribution in [3.8, 4) is 17.2 Å². The first-order valence-electron chi connectivity index (χ1n) is 14.2. The molecule has 0 spiro atoms. The van der Waals surface area contributed by atoms with Gasteiger partial charge in [0.15, 0.2) is 4.80 Å². The SMILES string of the molecule is CCN(CC)C(=O)C1=C(C)N=c2s/c(=C\c3ccc(OCc4ccccc4)cc3)c(=O)n2C1c1cc(OC)ccc1OC. The minimum absolute atomic E-state index is 0.165. The first-order chi connectivity index (χ1) is 20.9. The van der Waals surface area contributed by atoms with Crippen LogP contribution in [-0.2, 0) is 11.4 Å². The van der Waals surface area contributed by atoms with Crippen molar-refractivity contribution in [3.05, 3.63) is 120 Å². The van der Waals surface area contributed by atoms with Gasteiger partial charge in [-0.05, 0) is 68.3 Å². The Hall–Kier alpha value is -4.63. The van der Waals surface area contributed by atoms with Crippen LogP contribution in [0.2, 0.25) is 0 Å². The fourth-order valence-corrected chi connectivity index (χ4v) is 6.22. The van der Waals surface area contributed by atoms with E-state index >= 15 is 0 Å². The van der Waals surface area contributed by atoms with Gasteiger partial charge in [0, 0.05) is 18.7 Å². The molecule has 2 heterocycles. The highest BCUT2D eigenvalue weighted by Gasteiger charge is 2.36. The van der Waals surface area contributed by atoms with Gasteiger partial charge in [0.05, 0.1) is 30.0 Å². The summed E-state index contributed by atoms with van der Waals surface area (Å²) in [5, 5.41) is 0. The molecule has 0 bridgehead atoms. The predicted molar refractivity (Wildman–Crippen MR) is 168 cm³/mol. The van der Waals surface area contributed by atoms with E-state index < -0.39 is 6.04 Å². The maximum absolute atomic E-state index is 14.1. The van der Waals surface area contributed by atoms with E-state index in [2.05, 4.69) is 0 Å². The molecule has 5 rings (SSSR count). The third-order valence-electron chi connectivity index (χ3n) is 7.46. The number of carbonyl (C=O) groups excluding carboxylic acids is 1. The average molecular weight is 598 g/mol. The molecule has 0 saturated carbocycles. The van der Waals surface area contributed by atoms with Crippen LogP contribution in [0.1, 0.15) is 43.5 Å². The molecule has 0 aliphatic carbocycles. The molecule has 4 aromatic rings.